The third kappa shape index (κ3) is 23.0. The van der Waals surface area contributed by atoms with Crippen molar-refractivity contribution < 1.29 is 78.1 Å². The van der Waals surface area contributed by atoms with Gasteiger partial charge in [0.15, 0.2) is 0 Å². The van der Waals surface area contributed by atoms with E-state index in [4.69, 9.17) is 0 Å². The average molecular weight is 311 g/mol. The maximum atomic E-state index is 0. The molecular formula is Nb3O2+11. The summed E-state index contributed by atoms with van der Waals surface area (Å²) in [6.45, 7) is 0. The quantitative estimate of drug-likeness (QED) is 0.554. The molecular weight excluding hydrogens is 311 g/mol. The van der Waals surface area contributed by atoms with Gasteiger partial charge in [-0.05, 0) is 0 Å². The Labute approximate surface area is 77.2 Å². The van der Waals surface area contributed by atoms with E-state index in [1.54, 1.807) is 0 Å². The van der Waals surface area contributed by atoms with E-state index in [1.807, 2.05) is 0 Å². The van der Waals surface area contributed by atoms with Gasteiger partial charge in [-0.2, -0.15) is 0 Å². The second-order valence-corrected chi connectivity index (χ2v) is 0. The van der Waals surface area contributed by atoms with Crippen LogP contribution >= 0.6 is 0 Å². The predicted octanol–water partition coefficient (Wildman–Crippen LogP) is -0.245. The molecule has 0 amide bonds. The van der Waals surface area contributed by atoms with Gasteiger partial charge in [-0.1, -0.05) is 0 Å². The molecule has 0 rings (SSSR count). The van der Waals surface area contributed by atoms with Crippen LogP contribution in [0.4, 0.5) is 0 Å². The number of hydrogen-bond acceptors (Lipinski definition) is 0. The molecule has 0 saturated heterocycles. The molecule has 0 atom stereocenters. The van der Waals surface area contributed by atoms with Crippen molar-refractivity contribution in [3.8, 4) is 0 Å². The first kappa shape index (κ1) is 58.8. The van der Waals surface area contributed by atoms with Gasteiger partial charge in [0.2, 0.25) is 0 Å². The van der Waals surface area contributed by atoms with Crippen molar-refractivity contribution in [2.24, 2.45) is 0 Å². The van der Waals surface area contributed by atoms with Crippen LogP contribution in [0.3, 0.4) is 0 Å². The third-order valence-electron chi connectivity index (χ3n) is 0. The molecule has 0 saturated carbocycles. The second-order valence-electron chi connectivity index (χ2n) is 0. The molecule has 0 heterocycles. The maximum absolute atomic E-state index is 0. The summed E-state index contributed by atoms with van der Waals surface area (Å²) in [7, 11) is 0. The summed E-state index contributed by atoms with van der Waals surface area (Å²) in [6, 6.07) is 0. The summed E-state index contributed by atoms with van der Waals surface area (Å²) in [5, 5.41) is 0. The molecule has 16 valence electrons. The molecule has 5 heavy (non-hydrogen) atoms. The van der Waals surface area contributed by atoms with Crippen molar-refractivity contribution in [1.29, 1.82) is 0 Å². The smallest absolute Gasteiger partial charge is 2.00 e. The van der Waals surface area contributed by atoms with Crippen LogP contribution in [0, 0.1) is 0 Å². The van der Waals surface area contributed by atoms with E-state index >= 15 is 0 Å². The standard InChI is InChI=1S/3Nb.2O/q3*+5;2*-2. The third-order valence-corrected chi connectivity index (χ3v) is 0. The van der Waals surface area contributed by atoms with E-state index in [0.29, 0.717) is 0 Å². The van der Waals surface area contributed by atoms with Gasteiger partial charge in [0, 0.05) is 0 Å². The van der Waals surface area contributed by atoms with Gasteiger partial charge in [0.05, 0.1) is 0 Å². The Morgan fingerprint density at radius 1 is 0.400 bits per heavy atom. The van der Waals surface area contributed by atoms with Gasteiger partial charge in [-0.25, -0.2) is 0 Å². The molecule has 0 aromatic carbocycles. The summed E-state index contributed by atoms with van der Waals surface area (Å²) in [4.78, 5) is 0. The van der Waals surface area contributed by atoms with E-state index in [2.05, 4.69) is 0 Å². The molecule has 0 N–H and O–H groups in total. The van der Waals surface area contributed by atoms with Crippen molar-refractivity contribution in [2.75, 3.05) is 0 Å². The minimum atomic E-state index is 0. The van der Waals surface area contributed by atoms with Gasteiger partial charge in [-0.15, -0.1) is 0 Å². The number of hydrogen-bond donors (Lipinski definition) is 0. The molecule has 0 unspecified atom stereocenters. The molecule has 2 nitrogen and oxygen atoms in total. The Bertz CT molecular complexity index is 4.85. The molecule has 0 spiro atoms. The molecule has 0 aliphatic rings. The van der Waals surface area contributed by atoms with Gasteiger partial charge < -0.3 is 11.0 Å². The number of rotatable bonds is 0. The van der Waals surface area contributed by atoms with Gasteiger partial charge >= 0.3 is 67.1 Å². The Kier molecular flexibility index (Phi) is 416. The van der Waals surface area contributed by atoms with Crippen LogP contribution in [-0.2, 0) is 78.1 Å². The zero-order valence-electron chi connectivity index (χ0n) is 2.16. The van der Waals surface area contributed by atoms with Crippen LogP contribution in [0.2, 0.25) is 0 Å². The fourth-order valence-electron chi connectivity index (χ4n) is 0. The van der Waals surface area contributed by atoms with E-state index in [1.165, 1.54) is 0 Å². The molecule has 0 radical (unpaired) electrons. The van der Waals surface area contributed by atoms with Gasteiger partial charge in [-0.3, -0.25) is 0 Å². The van der Waals surface area contributed by atoms with E-state index in [0.717, 1.165) is 0 Å². The van der Waals surface area contributed by atoms with Crippen molar-refractivity contribution in [3.63, 3.8) is 0 Å². The molecule has 0 fully saturated rings. The summed E-state index contributed by atoms with van der Waals surface area (Å²) < 4.78 is 0. The molecule has 5 heteroatoms. The molecule has 0 bridgehead atoms. The zero-order valence-corrected chi connectivity index (χ0v) is 8.75. The SMILES string of the molecule is [Nb+5].[Nb+5].[Nb+5].[O-2].[O-2]. The molecule has 0 aromatic heterocycles. The van der Waals surface area contributed by atoms with Crippen LogP contribution in [0.15, 0.2) is 0 Å². The first-order chi connectivity index (χ1) is 0. The minimum absolute atomic E-state index is 0. The Morgan fingerprint density at radius 2 is 0.400 bits per heavy atom. The zero-order chi connectivity index (χ0) is 0. The second kappa shape index (κ2) is 35.4. The van der Waals surface area contributed by atoms with Crippen LogP contribution in [0.5, 0.6) is 0 Å². The summed E-state index contributed by atoms with van der Waals surface area (Å²) in [6.07, 6.45) is 0. The van der Waals surface area contributed by atoms with Crippen LogP contribution < -0.4 is 0 Å². The summed E-state index contributed by atoms with van der Waals surface area (Å²) in [5.41, 5.74) is 0. The van der Waals surface area contributed by atoms with Crippen LogP contribution in [0.25, 0.3) is 0 Å². The first-order valence-electron chi connectivity index (χ1n) is 0. The van der Waals surface area contributed by atoms with Crippen molar-refractivity contribution in [1.82, 2.24) is 0 Å². The summed E-state index contributed by atoms with van der Waals surface area (Å²) >= 11 is 0. The maximum Gasteiger partial charge on any atom is 5.00 e. The fourth-order valence-corrected chi connectivity index (χ4v) is 0. The van der Waals surface area contributed by atoms with Gasteiger partial charge in [0.25, 0.3) is 0 Å². The predicted molar refractivity (Wildman–Crippen MR) is 1.37 cm³/mol. The van der Waals surface area contributed by atoms with Crippen molar-refractivity contribution >= 4 is 0 Å². The van der Waals surface area contributed by atoms with Crippen molar-refractivity contribution in [3.05, 3.63) is 0 Å². The molecule has 0 aliphatic heterocycles. The molecule has 0 aliphatic carbocycles. The normalized spacial score (nSPS) is 0. The summed E-state index contributed by atoms with van der Waals surface area (Å²) in [5.74, 6) is 0. The van der Waals surface area contributed by atoms with E-state index < -0.39 is 0 Å². The van der Waals surface area contributed by atoms with E-state index in [-0.39, 0.29) is 78.1 Å². The Morgan fingerprint density at radius 3 is 0.400 bits per heavy atom. The molecule has 0 aromatic rings. The fraction of sp³-hybridized carbons (Fsp3) is 0. The van der Waals surface area contributed by atoms with Crippen LogP contribution in [-0.4, -0.2) is 0 Å². The van der Waals surface area contributed by atoms with Gasteiger partial charge in [0.1, 0.15) is 0 Å². The Hall–Kier alpha value is 2.14. The average Bonchev–Trinajstić information content (AvgIpc) is 0. The minimum Gasteiger partial charge on any atom is -2.00 e. The topological polar surface area (TPSA) is 57.0 Å². The van der Waals surface area contributed by atoms with E-state index in [9.17, 15) is 0 Å². The monoisotopic (exact) mass is 311 g/mol. The first-order valence-corrected chi connectivity index (χ1v) is 0. The van der Waals surface area contributed by atoms with Crippen molar-refractivity contribution in [2.45, 2.75) is 0 Å². The Balaban J connectivity index is 0. The largest absolute Gasteiger partial charge is 5.00 e. The van der Waals surface area contributed by atoms with Crippen LogP contribution in [0.1, 0.15) is 0 Å².